The lowest BCUT2D eigenvalue weighted by molar-refractivity contribution is -0.141. The smallest absolute Gasteiger partial charge is 0.327 e. The maximum Gasteiger partial charge on any atom is 0.327 e. The molecule has 0 aromatic carbocycles. The van der Waals surface area contributed by atoms with Crippen molar-refractivity contribution in [2.24, 2.45) is 17.4 Å². The van der Waals surface area contributed by atoms with Crippen LogP contribution in [0.3, 0.4) is 0 Å². The number of unbranched alkanes of at least 4 members (excludes halogenated alkanes) is 1. The minimum Gasteiger partial charge on any atom is -0.480 e. The van der Waals surface area contributed by atoms with Crippen LogP contribution in [0.25, 0.3) is 0 Å². The summed E-state index contributed by atoms with van der Waals surface area (Å²) in [7, 11) is 0. The van der Waals surface area contributed by atoms with Gasteiger partial charge in [0.15, 0.2) is 0 Å². The topological polar surface area (TPSA) is 177 Å². The first-order chi connectivity index (χ1) is 13.6. The van der Waals surface area contributed by atoms with Gasteiger partial charge in [-0.05, 0) is 25.3 Å². The summed E-state index contributed by atoms with van der Waals surface area (Å²) in [5, 5.41) is 16.4. The Morgan fingerprint density at radius 2 is 1.45 bits per heavy atom. The summed E-state index contributed by atoms with van der Waals surface area (Å²) in [4.78, 5) is 48.2. The van der Waals surface area contributed by atoms with E-state index in [0.29, 0.717) is 19.4 Å². The molecule has 0 bridgehead atoms. The van der Waals surface area contributed by atoms with Gasteiger partial charge in [-0.1, -0.05) is 20.3 Å². The Morgan fingerprint density at radius 1 is 0.897 bits per heavy atom. The van der Waals surface area contributed by atoms with Gasteiger partial charge in [0.05, 0.1) is 6.04 Å². The summed E-state index contributed by atoms with van der Waals surface area (Å²) in [5.74, 6) is -3.45. The van der Waals surface area contributed by atoms with Crippen LogP contribution in [0.15, 0.2) is 0 Å². The number of amides is 3. The fourth-order valence-corrected chi connectivity index (χ4v) is 2.85. The van der Waals surface area contributed by atoms with Crippen LogP contribution < -0.4 is 27.4 Å². The van der Waals surface area contributed by atoms with E-state index >= 15 is 0 Å². The van der Waals surface area contributed by atoms with Crippen LogP contribution in [0.2, 0.25) is 0 Å². The lowest BCUT2D eigenvalue weighted by atomic mass is 10.0. The zero-order valence-electron chi connectivity index (χ0n) is 16.8. The number of hydrogen-bond acceptors (Lipinski definition) is 8. The molecule has 0 spiro atoms. The highest BCUT2D eigenvalue weighted by atomic mass is 32.1. The Labute approximate surface area is 182 Å². The Bertz CT molecular complexity index is 564. The normalized spacial score (nSPS) is 15.1. The molecular formula is C17H33N5O5S2. The fraction of sp³-hybridized carbons (Fsp3) is 0.765. The van der Waals surface area contributed by atoms with Gasteiger partial charge in [0.25, 0.3) is 0 Å². The van der Waals surface area contributed by atoms with E-state index < -0.39 is 47.9 Å². The van der Waals surface area contributed by atoms with Crippen LogP contribution in [0.1, 0.15) is 33.1 Å². The molecule has 10 nitrogen and oxygen atoms in total. The van der Waals surface area contributed by atoms with Gasteiger partial charge in [-0.15, -0.1) is 0 Å². The maximum atomic E-state index is 12.6. The zero-order chi connectivity index (χ0) is 22.6. The number of thiol groups is 2. The van der Waals surface area contributed by atoms with Gasteiger partial charge in [0.1, 0.15) is 18.1 Å². The standard InChI is InChI=1S/C17H33N5O5S2/c1-9(2)13(22-14(23)10(19)5-3-4-6-18)16(25)20-11(7-28)15(24)21-12(8-29)17(26)27/h9-13,28-29H,3-8,18-19H2,1-2H3,(H,20,25)(H,21,24)(H,22,23)(H,26,27). The van der Waals surface area contributed by atoms with Crippen molar-refractivity contribution in [2.75, 3.05) is 18.1 Å². The Balaban J connectivity index is 4.99. The second-order valence-electron chi connectivity index (χ2n) is 6.95. The summed E-state index contributed by atoms with van der Waals surface area (Å²) >= 11 is 7.92. The number of nitrogens with one attached hydrogen (secondary N) is 3. The van der Waals surface area contributed by atoms with Crippen molar-refractivity contribution < 1.29 is 24.3 Å². The SMILES string of the molecule is CC(C)C(NC(=O)C(N)CCCCN)C(=O)NC(CS)C(=O)NC(CS)C(=O)O. The second-order valence-corrected chi connectivity index (χ2v) is 7.68. The third kappa shape index (κ3) is 10.2. The predicted molar refractivity (Wildman–Crippen MR) is 117 cm³/mol. The molecule has 0 aliphatic heterocycles. The molecule has 29 heavy (non-hydrogen) atoms. The molecule has 168 valence electrons. The van der Waals surface area contributed by atoms with Gasteiger partial charge in [-0.3, -0.25) is 14.4 Å². The molecule has 0 saturated heterocycles. The van der Waals surface area contributed by atoms with Gasteiger partial charge < -0.3 is 32.5 Å². The predicted octanol–water partition coefficient (Wildman–Crippen LogP) is -1.50. The first-order valence-corrected chi connectivity index (χ1v) is 10.7. The van der Waals surface area contributed by atoms with E-state index in [1.54, 1.807) is 13.8 Å². The highest BCUT2D eigenvalue weighted by molar-refractivity contribution is 7.80. The zero-order valence-corrected chi connectivity index (χ0v) is 18.5. The van der Waals surface area contributed by atoms with Crippen molar-refractivity contribution in [1.82, 2.24) is 16.0 Å². The number of carbonyl (C=O) groups is 4. The minimum atomic E-state index is -1.24. The first kappa shape index (κ1) is 27.5. The Kier molecular flexibility index (Phi) is 13.7. The quantitative estimate of drug-likeness (QED) is 0.117. The molecule has 0 aliphatic rings. The van der Waals surface area contributed by atoms with Crippen LogP contribution in [0.5, 0.6) is 0 Å². The molecule has 0 rings (SSSR count). The molecule has 0 aromatic rings. The molecule has 4 atom stereocenters. The third-order valence-corrected chi connectivity index (χ3v) is 4.90. The van der Waals surface area contributed by atoms with E-state index in [4.69, 9.17) is 16.6 Å². The van der Waals surface area contributed by atoms with Crippen molar-refractivity contribution in [3.63, 3.8) is 0 Å². The number of hydrogen-bond donors (Lipinski definition) is 8. The molecule has 8 N–H and O–H groups in total. The monoisotopic (exact) mass is 451 g/mol. The summed E-state index contributed by atoms with van der Waals surface area (Å²) < 4.78 is 0. The minimum absolute atomic E-state index is 0.0617. The lowest BCUT2D eigenvalue weighted by Gasteiger charge is -2.26. The molecule has 3 amide bonds. The molecule has 0 heterocycles. The Morgan fingerprint density at radius 3 is 1.90 bits per heavy atom. The molecule has 0 aliphatic carbocycles. The molecule has 0 radical (unpaired) electrons. The molecular weight excluding hydrogens is 418 g/mol. The molecule has 0 fully saturated rings. The third-order valence-electron chi connectivity index (χ3n) is 4.17. The number of carbonyl (C=O) groups excluding carboxylic acids is 3. The largest absolute Gasteiger partial charge is 0.480 e. The van der Waals surface area contributed by atoms with E-state index in [1.807, 2.05) is 0 Å². The number of nitrogens with two attached hydrogens (primary N) is 2. The van der Waals surface area contributed by atoms with Gasteiger partial charge >= 0.3 is 5.97 Å². The number of rotatable bonds is 14. The van der Waals surface area contributed by atoms with Crippen molar-refractivity contribution in [2.45, 2.75) is 57.3 Å². The van der Waals surface area contributed by atoms with E-state index in [2.05, 4.69) is 41.2 Å². The van der Waals surface area contributed by atoms with Gasteiger partial charge in [-0.2, -0.15) is 25.3 Å². The van der Waals surface area contributed by atoms with Gasteiger partial charge in [0.2, 0.25) is 17.7 Å². The first-order valence-electron chi connectivity index (χ1n) is 9.40. The number of carboxylic acid groups (broad SMARTS) is 1. The van der Waals surface area contributed by atoms with Crippen LogP contribution in [0.4, 0.5) is 0 Å². The average Bonchev–Trinajstić information content (AvgIpc) is 2.67. The molecule has 4 unspecified atom stereocenters. The van der Waals surface area contributed by atoms with Crippen molar-refractivity contribution in [3.05, 3.63) is 0 Å². The van der Waals surface area contributed by atoms with Gasteiger partial charge in [0, 0.05) is 11.5 Å². The van der Waals surface area contributed by atoms with Crippen LogP contribution in [-0.2, 0) is 19.2 Å². The van der Waals surface area contributed by atoms with Gasteiger partial charge in [-0.25, -0.2) is 4.79 Å². The number of aliphatic carboxylic acids is 1. The highest BCUT2D eigenvalue weighted by Crippen LogP contribution is 2.06. The summed E-state index contributed by atoms with van der Waals surface area (Å²) in [6.07, 6.45) is 1.89. The lowest BCUT2D eigenvalue weighted by Crippen LogP contribution is -2.59. The van der Waals surface area contributed by atoms with Crippen molar-refractivity contribution in [3.8, 4) is 0 Å². The second kappa shape index (κ2) is 14.5. The summed E-state index contributed by atoms with van der Waals surface area (Å²) in [5.41, 5.74) is 11.3. The van der Waals surface area contributed by atoms with Crippen LogP contribution in [0, 0.1) is 5.92 Å². The van der Waals surface area contributed by atoms with E-state index in [9.17, 15) is 19.2 Å². The summed E-state index contributed by atoms with van der Waals surface area (Å²) in [6.45, 7) is 3.98. The molecule has 0 saturated carbocycles. The van der Waals surface area contributed by atoms with Crippen LogP contribution >= 0.6 is 25.3 Å². The van der Waals surface area contributed by atoms with E-state index in [0.717, 1.165) is 6.42 Å². The number of carboxylic acids is 1. The van der Waals surface area contributed by atoms with Crippen LogP contribution in [-0.4, -0.2) is 71.0 Å². The average molecular weight is 452 g/mol. The molecule has 0 aromatic heterocycles. The fourth-order valence-electron chi connectivity index (χ4n) is 2.35. The highest BCUT2D eigenvalue weighted by Gasteiger charge is 2.30. The Hall–Kier alpha value is -1.50. The molecule has 12 heteroatoms. The van der Waals surface area contributed by atoms with E-state index in [-0.39, 0.29) is 17.4 Å². The van der Waals surface area contributed by atoms with Crippen molar-refractivity contribution in [1.29, 1.82) is 0 Å². The maximum absolute atomic E-state index is 12.6. The summed E-state index contributed by atoms with van der Waals surface area (Å²) in [6, 6.07) is -3.97. The van der Waals surface area contributed by atoms with Crippen molar-refractivity contribution >= 4 is 48.9 Å². The van der Waals surface area contributed by atoms with E-state index in [1.165, 1.54) is 0 Å².